The summed E-state index contributed by atoms with van der Waals surface area (Å²) in [5.74, 6) is -0.907. The molecule has 17 heavy (non-hydrogen) atoms. The van der Waals surface area contributed by atoms with Gasteiger partial charge in [-0.15, -0.1) is 0 Å². The first-order valence-electron chi connectivity index (χ1n) is 5.40. The van der Waals surface area contributed by atoms with Crippen molar-refractivity contribution in [2.75, 3.05) is 0 Å². The zero-order chi connectivity index (χ0) is 12.6. The van der Waals surface area contributed by atoms with Crippen molar-refractivity contribution in [3.8, 4) is 0 Å². The molecule has 1 aromatic heterocycles. The van der Waals surface area contributed by atoms with Crippen LogP contribution < -0.4 is 5.69 Å². The second kappa shape index (κ2) is 4.08. The maximum Gasteiger partial charge on any atom is 0.326 e. The number of nitrogens with one attached hydrogen (secondary N) is 1. The van der Waals surface area contributed by atoms with E-state index in [2.05, 4.69) is 4.98 Å². The molecule has 0 amide bonds. The quantitative estimate of drug-likeness (QED) is 0.843. The van der Waals surface area contributed by atoms with Gasteiger partial charge in [-0.1, -0.05) is 0 Å². The third-order valence-electron chi connectivity index (χ3n) is 2.94. The zero-order valence-electron chi connectivity index (χ0n) is 9.78. The van der Waals surface area contributed by atoms with Gasteiger partial charge in [0.05, 0.1) is 17.5 Å². The molecule has 0 saturated carbocycles. The van der Waals surface area contributed by atoms with E-state index in [0.717, 1.165) is 22.2 Å². The largest absolute Gasteiger partial charge is 0.481 e. The zero-order valence-corrected chi connectivity index (χ0v) is 9.78. The lowest BCUT2D eigenvalue weighted by Crippen LogP contribution is -2.18. The predicted molar refractivity (Wildman–Crippen MR) is 64.3 cm³/mol. The van der Waals surface area contributed by atoms with Crippen LogP contribution in [0.3, 0.4) is 0 Å². The van der Waals surface area contributed by atoms with Crippen molar-refractivity contribution >= 4 is 17.0 Å². The van der Waals surface area contributed by atoms with E-state index in [1.807, 2.05) is 26.0 Å². The lowest BCUT2D eigenvalue weighted by atomic mass is 10.1. The van der Waals surface area contributed by atoms with Gasteiger partial charge < -0.3 is 10.1 Å². The van der Waals surface area contributed by atoms with Crippen LogP contribution in [0.15, 0.2) is 16.9 Å². The van der Waals surface area contributed by atoms with Gasteiger partial charge in [-0.3, -0.25) is 9.36 Å². The van der Waals surface area contributed by atoms with Crippen molar-refractivity contribution in [1.29, 1.82) is 0 Å². The second-order valence-corrected chi connectivity index (χ2v) is 4.18. The minimum absolute atomic E-state index is 0.0558. The van der Waals surface area contributed by atoms with Crippen LogP contribution in [0, 0.1) is 13.8 Å². The van der Waals surface area contributed by atoms with Crippen molar-refractivity contribution in [2.45, 2.75) is 26.8 Å². The number of hydrogen-bond donors (Lipinski definition) is 2. The Kier molecular flexibility index (Phi) is 2.75. The molecule has 2 rings (SSSR count). The fourth-order valence-corrected chi connectivity index (χ4v) is 1.85. The highest BCUT2D eigenvalue weighted by molar-refractivity contribution is 5.77. The number of aromatic nitrogens is 2. The number of aromatic amines is 1. The highest BCUT2D eigenvalue weighted by Gasteiger charge is 2.09. The van der Waals surface area contributed by atoms with Crippen molar-refractivity contribution in [2.24, 2.45) is 0 Å². The number of aliphatic carboxylic acids is 1. The minimum atomic E-state index is -0.907. The number of nitrogens with zero attached hydrogens (tertiary/aromatic N) is 1. The van der Waals surface area contributed by atoms with Gasteiger partial charge in [0.2, 0.25) is 0 Å². The van der Waals surface area contributed by atoms with Crippen LogP contribution in [0.4, 0.5) is 0 Å². The number of rotatable bonds is 3. The summed E-state index contributed by atoms with van der Waals surface area (Å²) in [6, 6.07) is 3.81. The van der Waals surface area contributed by atoms with Crippen molar-refractivity contribution in [3.05, 3.63) is 33.7 Å². The standard InChI is InChI=1S/C12H14N2O3/c1-7-5-9-10(6-8(7)2)14(12(17)13-9)4-3-11(15)16/h5-6H,3-4H2,1-2H3,(H,13,17)(H,15,16). The van der Waals surface area contributed by atoms with Crippen LogP contribution in [-0.2, 0) is 11.3 Å². The van der Waals surface area contributed by atoms with E-state index in [9.17, 15) is 9.59 Å². The molecule has 0 radical (unpaired) electrons. The fourth-order valence-electron chi connectivity index (χ4n) is 1.85. The Balaban J connectivity index is 2.54. The van der Waals surface area contributed by atoms with Crippen molar-refractivity contribution in [3.63, 3.8) is 0 Å². The van der Waals surface area contributed by atoms with E-state index in [1.54, 1.807) is 0 Å². The van der Waals surface area contributed by atoms with Crippen LogP contribution in [0.5, 0.6) is 0 Å². The molecule has 0 atom stereocenters. The number of fused-ring (bicyclic) bond motifs is 1. The molecule has 1 aromatic carbocycles. The first-order valence-corrected chi connectivity index (χ1v) is 5.40. The lowest BCUT2D eigenvalue weighted by Gasteiger charge is -2.03. The lowest BCUT2D eigenvalue weighted by molar-refractivity contribution is -0.137. The van der Waals surface area contributed by atoms with Crippen molar-refractivity contribution in [1.82, 2.24) is 9.55 Å². The van der Waals surface area contributed by atoms with Gasteiger partial charge in [0.25, 0.3) is 0 Å². The van der Waals surface area contributed by atoms with Gasteiger partial charge >= 0.3 is 11.7 Å². The topological polar surface area (TPSA) is 75.1 Å². The first kappa shape index (κ1) is 11.4. The molecule has 0 saturated heterocycles. The molecular weight excluding hydrogens is 220 g/mol. The van der Waals surface area contributed by atoms with Crippen LogP contribution in [0.2, 0.25) is 0 Å². The molecule has 90 valence electrons. The maximum absolute atomic E-state index is 11.7. The second-order valence-electron chi connectivity index (χ2n) is 4.18. The monoisotopic (exact) mass is 234 g/mol. The summed E-state index contributed by atoms with van der Waals surface area (Å²) < 4.78 is 1.47. The Hall–Kier alpha value is -2.04. The van der Waals surface area contributed by atoms with Crippen molar-refractivity contribution < 1.29 is 9.90 Å². The molecule has 0 aliphatic carbocycles. The number of benzene rings is 1. The van der Waals surface area contributed by atoms with E-state index >= 15 is 0 Å². The SMILES string of the molecule is Cc1cc2[nH]c(=O)n(CCC(=O)O)c2cc1C. The molecule has 0 spiro atoms. The molecule has 1 heterocycles. The predicted octanol–water partition coefficient (Wildman–Crippen LogP) is 1.42. The van der Waals surface area contributed by atoms with Gasteiger partial charge in [0.15, 0.2) is 0 Å². The highest BCUT2D eigenvalue weighted by Crippen LogP contribution is 2.16. The number of aryl methyl sites for hydroxylation is 3. The average molecular weight is 234 g/mol. The fraction of sp³-hybridized carbons (Fsp3) is 0.333. The minimum Gasteiger partial charge on any atom is -0.481 e. The summed E-state index contributed by atoms with van der Waals surface area (Å²) in [6.45, 7) is 4.13. The average Bonchev–Trinajstić information content (AvgIpc) is 2.52. The molecule has 5 heteroatoms. The Morgan fingerprint density at radius 3 is 2.65 bits per heavy atom. The molecule has 0 unspecified atom stereocenters. The molecule has 0 aliphatic heterocycles. The van der Waals surface area contributed by atoms with Gasteiger partial charge in [0, 0.05) is 6.54 Å². The van der Waals surface area contributed by atoms with Crippen LogP contribution in [-0.4, -0.2) is 20.6 Å². The third kappa shape index (κ3) is 2.08. The summed E-state index contributed by atoms with van der Waals surface area (Å²) in [5.41, 5.74) is 3.44. The number of carboxylic acids is 1. The van der Waals surface area contributed by atoms with Gasteiger partial charge in [-0.25, -0.2) is 4.79 Å². The number of hydrogen-bond acceptors (Lipinski definition) is 2. The highest BCUT2D eigenvalue weighted by atomic mass is 16.4. The Labute approximate surface area is 97.7 Å². The third-order valence-corrected chi connectivity index (χ3v) is 2.94. The summed E-state index contributed by atoms with van der Waals surface area (Å²) in [7, 11) is 0. The van der Waals surface area contributed by atoms with E-state index in [1.165, 1.54) is 4.57 Å². The van der Waals surface area contributed by atoms with Crippen LogP contribution >= 0.6 is 0 Å². The summed E-state index contributed by atoms with van der Waals surface area (Å²) in [6.07, 6.45) is -0.0558. The van der Waals surface area contributed by atoms with E-state index in [4.69, 9.17) is 5.11 Å². The summed E-state index contributed by atoms with van der Waals surface area (Å²) in [4.78, 5) is 25.0. The number of imidazole rings is 1. The Bertz CT molecular complexity index is 637. The molecule has 0 aliphatic rings. The molecule has 0 bridgehead atoms. The number of carboxylic acid groups (broad SMARTS) is 1. The normalized spacial score (nSPS) is 10.9. The first-order chi connectivity index (χ1) is 7.99. The van der Waals surface area contributed by atoms with Crippen LogP contribution in [0.1, 0.15) is 17.5 Å². The van der Waals surface area contributed by atoms with Crippen LogP contribution in [0.25, 0.3) is 11.0 Å². The Morgan fingerprint density at radius 2 is 2.00 bits per heavy atom. The van der Waals surface area contributed by atoms with Gasteiger partial charge in [0.1, 0.15) is 0 Å². The molecule has 0 fully saturated rings. The number of carbonyl (C=O) groups is 1. The van der Waals surface area contributed by atoms with Gasteiger partial charge in [-0.2, -0.15) is 0 Å². The maximum atomic E-state index is 11.7. The smallest absolute Gasteiger partial charge is 0.326 e. The van der Waals surface area contributed by atoms with Gasteiger partial charge in [-0.05, 0) is 37.1 Å². The van der Waals surface area contributed by atoms with E-state index in [-0.39, 0.29) is 18.7 Å². The van der Waals surface area contributed by atoms with E-state index in [0.29, 0.717) is 0 Å². The molecule has 2 aromatic rings. The number of H-pyrrole nitrogens is 1. The summed E-state index contributed by atoms with van der Waals surface area (Å²) >= 11 is 0. The molecular formula is C12H14N2O3. The molecule has 2 N–H and O–H groups in total. The Morgan fingerprint density at radius 1 is 1.35 bits per heavy atom. The summed E-state index contributed by atoms with van der Waals surface area (Å²) in [5, 5.41) is 8.65. The van der Waals surface area contributed by atoms with E-state index < -0.39 is 5.97 Å². The molecule has 5 nitrogen and oxygen atoms in total.